The fourth-order valence-corrected chi connectivity index (χ4v) is 3.02. The van der Waals surface area contributed by atoms with Gasteiger partial charge in [-0.05, 0) is 23.4 Å². The maximum absolute atomic E-state index is 12.3. The lowest BCUT2D eigenvalue weighted by atomic mass is 10.0. The number of hydrogen-bond donors (Lipinski definition) is 1. The molecular weight excluding hydrogens is 274 g/mol. The number of piperazine rings is 1. The van der Waals surface area contributed by atoms with E-state index in [1.165, 1.54) is 16.3 Å². The standard InChI is InChI=1S/C18H23N3O/c1-20(14-18(22)21-11-9-19-10-12-21)13-16-7-4-6-15-5-2-3-8-17(15)16/h2-8,19H,9-14H2,1H3. The zero-order valence-electron chi connectivity index (χ0n) is 13.1. The minimum absolute atomic E-state index is 0.226. The van der Waals surface area contributed by atoms with Crippen LogP contribution in [0.5, 0.6) is 0 Å². The molecule has 1 N–H and O–H groups in total. The maximum atomic E-state index is 12.3. The minimum atomic E-state index is 0.226. The van der Waals surface area contributed by atoms with Crippen LogP contribution in [0.4, 0.5) is 0 Å². The zero-order chi connectivity index (χ0) is 15.4. The number of fused-ring (bicyclic) bond motifs is 1. The van der Waals surface area contributed by atoms with Crippen LogP contribution in [0.1, 0.15) is 5.56 Å². The third-order valence-corrected chi connectivity index (χ3v) is 4.20. The van der Waals surface area contributed by atoms with Gasteiger partial charge in [-0.2, -0.15) is 0 Å². The molecule has 2 aromatic carbocycles. The maximum Gasteiger partial charge on any atom is 0.236 e. The lowest BCUT2D eigenvalue weighted by Crippen LogP contribution is -2.49. The molecule has 1 saturated heterocycles. The molecule has 1 fully saturated rings. The first kappa shape index (κ1) is 15.0. The Labute approximate surface area is 131 Å². The first-order valence-electron chi connectivity index (χ1n) is 7.88. The normalized spacial score (nSPS) is 15.5. The van der Waals surface area contributed by atoms with Crippen molar-refractivity contribution in [2.24, 2.45) is 0 Å². The van der Waals surface area contributed by atoms with Gasteiger partial charge >= 0.3 is 0 Å². The molecule has 0 radical (unpaired) electrons. The van der Waals surface area contributed by atoms with Crippen LogP contribution in [-0.2, 0) is 11.3 Å². The summed E-state index contributed by atoms with van der Waals surface area (Å²) in [5.41, 5.74) is 1.27. The molecule has 0 aromatic heterocycles. The van der Waals surface area contributed by atoms with Gasteiger partial charge in [-0.3, -0.25) is 9.69 Å². The number of hydrogen-bond acceptors (Lipinski definition) is 3. The molecule has 116 valence electrons. The van der Waals surface area contributed by atoms with E-state index in [2.05, 4.69) is 52.7 Å². The second-order valence-electron chi connectivity index (χ2n) is 5.94. The van der Waals surface area contributed by atoms with Gasteiger partial charge in [0, 0.05) is 32.7 Å². The lowest BCUT2D eigenvalue weighted by Gasteiger charge is -2.29. The molecule has 4 heteroatoms. The van der Waals surface area contributed by atoms with Crippen LogP contribution < -0.4 is 5.32 Å². The van der Waals surface area contributed by atoms with Gasteiger partial charge in [0.25, 0.3) is 0 Å². The highest BCUT2D eigenvalue weighted by Gasteiger charge is 2.17. The second-order valence-corrected chi connectivity index (χ2v) is 5.94. The lowest BCUT2D eigenvalue weighted by molar-refractivity contribution is -0.132. The highest BCUT2D eigenvalue weighted by Crippen LogP contribution is 2.19. The van der Waals surface area contributed by atoms with E-state index in [1.54, 1.807) is 0 Å². The molecule has 0 spiro atoms. The highest BCUT2D eigenvalue weighted by atomic mass is 16.2. The Morgan fingerprint density at radius 2 is 1.86 bits per heavy atom. The fraction of sp³-hybridized carbons (Fsp3) is 0.389. The Hall–Kier alpha value is -1.91. The van der Waals surface area contributed by atoms with Crippen LogP contribution in [0.15, 0.2) is 42.5 Å². The van der Waals surface area contributed by atoms with Crippen molar-refractivity contribution in [1.29, 1.82) is 0 Å². The summed E-state index contributed by atoms with van der Waals surface area (Å²) >= 11 is 0. The number of benzene rings is 2. The van der Waals surface area contributed by atoms with Gasteiger partial charge in [-0.15, -0.1) is 0 Å². The molecule has 3 rings (SSSR count). The molecule has 22 heavy (non-hydrogen) atoms. The summed E-state index contributed by atoms with van der Waals surface area (Å²) < 4.78 is 0. The van der Waals surface area contributed by atoms with Gasteiger partial charge in [0.05, 0.1) is 6.54 Å². The molecular formula is C18H23N3O. The van der Waals surface area contributed by atoms with Crippen LogP contribution >= 0.6 is 0 Å². The fourth-order valence-electron chi connectivity index (χ4n) is 3.02. The van der Waals surface area contributed by atoms with Crippen molar-refractivity contribution in [2.75, 3.05) is 39.8 Å². The van der Waals surface area contributed by atoms with Crippen molar-refractivity contribution >= 4 is 16.7 Å². The Bertz CT molecular complexity index is 644. The van der Waals surface area contributed by atoms with E-state index >= 15 is 0 Å². The van der Waals surface area contributed by atoms with Crippen molar-refractivity contribution < 1.29 is 4.79 Å². The van der Waals surface area contributed by atoms with E-state index in [-0.39, 0.29) is 5.91 Å². The number of nitrogens with zero attached hydrogens (tertiary/aromatic N) is 2. The molecule has 4 nitrogen and oxygen atoms in total. The van der Waals surface area contributed by atoms with Crippen LogP contribution in [0.2, 0.25) is 0 Å². The van der Waals surface area contributed by atoms with Crippen LogP contribution in [0.25, 0.3) is 10.8 Å². The number of amides is 1. The summed E-state index contributed by atoms with van der Waals surface area (Å²) in [6, 6.07) is 14.8. The van der Waals surface area contributed by atoms with Gasteiger partial charge in [-0.1, -0.05) is 42.5 Å². The van der Waals surface area contributed by atoms with Gasteiger partial charge in [0.1, 0.15) is 0 Å². The smallest absolute Gasteiger partial charge is 0.236 e. The Morgan fingerprint density at radius 3 is 2.68 bits per heavy atom. The number of likely N-dealkylation sites (N-methyl/N-ethyl adjacent to an activating group) is 1. The van der Waals surface area contributed by atoms with Gasteiger partial charge in [0.15, 0.2) is 0 Å². The Balaban J connectivity index is 1.65. The summed E-state index contributed by atoms with van der Waals surface area (Å²) in [6.45, 7) is 4.71. The molecule has 1 aliphatic heterocycles. The summed E-state index contributed by atoms with van der Waals surface area (Å²) in [4.78, 5) is 16.4. The molecule has 0 bridgehead atoms. The third kappa shape index (κ3) is 3.46. The second kappa shape index (κ2) is 6.90. The predicted octanol–water partition coefficient (Wildman–Crippen LogP) is 1.70. The molecule has 2 aromatic rings. The van der Waals surface area contributed by atoms with Gasteiger partial charge < -0.3 is 10.2 Å². The van der Waals surface area contributed by atoms with Crippen LogP contribution in [0, 0.1) is 0 Å². The average Bonchev–Trinajstić information content (AvgIpc) is 2.56. The first-order chi connectivity index (χ1) is 10.7. The molecule has 1 heterocycles. The summed E-state index contributed by atoms with van der Waals surface area (Å²) in [5, 5.41) is 5.80. The van der Waals surface area contributed by atoms with Gasteiger partial charge in [0.2, 0.25) is 5.91 Å². The van der Waals surface area contributed by atoms with Crippen molar-refractivity contribution in [1.82, 2.24) is 15.1 Å². The largest absolute Gasteiger partial charge is 0.339 e. The molecule has 0 unspecified atom stereocenters. The Morgan fingerprint density at radius 1 is 1.14 bits per heavy atom. The predicted molar refractivity (Wildman–Crippen MR) is 89.7 cm³/mol. The number of rotatable bonds is 4. The van der Waals surface area contributed by atoms with Crippen molar-refractivity contribution in [3.8, 4) is 0 Å². The number of carbonyl (C=O) groups excluding carboxylic acids is 1. The first-order valence-corrected chi connectivity index (χ1v) is 7.88. The molecule has 1 amide bonds. The van der Waals surface area contributed by atoms with Crippen LogP contribution in [-0.4, -0.2) is 55.5 Å². The van der Waals surface area contributed by atoms with Crippen molar-refractivity contribution in [3.05, 3.63) is 48.0 Å². The van der Waals surface area contributed by atoms with E-state index in [1.807, 2.05) is 11.9 Å². The quantitative estimate of drug-likeness (QED) is 0.933. The van der Waals surface area contributed by atoms with E-state index < -0.39 is 0 Å². The van der Waals surface area contributed by atoms with E-state index in [0.29, 0.717) is 6.54 Å². The highest BCUT2D eigenvalue weighted by molar-refractivity contribution is 5.85. The molecule has 0 saturated carbocycles. The summed E-state index contributed by atoms with van der Waals surface area (Å²) in [5.74, 6) is 0.226. The zero-order valence-corrected chi connectivity index (χ0v) is 13.1. The average molecular weight is 297 g/mol. The molecule has 0 aliphatic carbocycles. The summed E-state index contributed by atoms with van der Waals surface area (Å²) in [6.07, 6.45) is 0. The van der Waals surface area contributed by atoms with Crippen molar-refractivity contribution in [2.45, 2.75) is 6.54 Å². The summed E-state index contributed by atoms with van der Waals surface area (Å²) in [7, 11) is 2.02. The molecule has 0 atom stereocenters. The monoisotopic (exact) mass is 297 g/mol. The number of nitrogens with one attached hydrogen (secondary N) is 1. The van der Waals surface area contributed by atoms with E-state index in [9.17, 15) is 4.79 Å². The topological polar surface area (TPSA) is 35.6 Å². The van der Waals surface area contributed by atoms with E-state index in [0.717, 1.165) is 32.7 Å². The number of carbonyl (C=O) groups is 1. The van der Waals surface area contributed by atoms with Crippen molar-refractivity contribution in [3.63, 3.8) is 0 Å². The van der Waals surface area contributed by atoms with Gasteiger partial charge in [-0.25, -0.2) is 0 Å². The SMILES string of the molecule is CN(CC(=O)N1CCNCC1)Cc1cccc2ccccc12. The molecule has 1 aliphatic rings. The Kier molecular flexibility index (Phi) is 4.71. The van der Waals surface area contributed by atoms with E-state index in [4.69, 9.17) is 0 Å². The van der Waals surface area contributed by atoms with Crippen LogP contribution in [0.3, 0.4) is 0 Å². The third-order valence-electron chi connectivity index (χ3n) is 4.20. The minimum Gasteiger partial charge on any atom is -0.339 e.